The lowest BCUT2D eigenvalue weighted by molar-refractivity contribution is -0.347. The van der Waals surface area contributed by atoms with Gasteiger partial charge < -0.3 is 48.5 Å². The monoisotopic (exact) mass is 877 g/mol. The molecule has 2 unspecified atom stereocenters. The maximum atomic E-state index is 15.6. The van der Waals surface area contributed by atoms with E-state index in [-0.39, 0.29) is 24.2 Å². The van der Waals surface area contributed by atoms with Gasteiger partial charge in [0.1, 0.15) is 23.4 Å². The minimum Gasteiger partial charge on any atom is -0.459 e. The first-order valence-electron chi connectivity index (χ1n) is 21.4. The van der Waals surface area contributed by atoms with Crippen molar-refractivity contribution in [3.05, 3.63) is 11.1 Å². The number of fused-ring (bicyclic) bond motifs is 5. The number of hydrogen-bond donors (Lipinski definition) is 3. The zero-order valence-electron chi connectivity index (χ0n) is 37.8. The van der Waals surface area contributed by atoms with E-state index in [0.717, 1.165) is 33.3 Å². The number of ether oxygens (including phenoxy) is 7. The topological polar surface area (TPSA) is 248 Å². The van der Waals surface area contributed by atoms with Gasteiger partial charge in [0, 0.05) is 25.2 Å². The van der Waals surface area contributed by atoms with Gasteiger partial charge in [0.25, 0.3) is 5.91 Å². The maximum absolute atomic E-state index is 15.6. The summed E-state index contributed by atoms with van der Waals surface area (Å²) in [6.07, 6.45) is -8.44. The van der Waals surface area contributed by atoms with E-state index in [1.54, 1.807) is 34.6 Å². The zero-order valence-corrected chi connectivity index (χ0v) is 37.8. The number of nitrogens with zero attached hydrogens (tertiary/aromatic N) is 1. The van der Waals surface area contributed by atoms with E-state index >= 15 is 4.79 Å². The Kier molecular flexibility index (Phi) is 11.9. The van der Waals surface area contributed by atoms with Gasteiger partial charge in [-0.3, -0.25) is 19.2 Å². The number of imide groups is 1. The molecule has 18 nitrogen and oxygen atoms in total. The quantitative estimate of drug-likeness (QED) is 0.179. The summed E-state index contributed by atoms with van der Waals surface area (Å²) in [7, 11) is 1.07. The smallest absolute Gasteiger partial charge is 0.459 e. The van der Waals surface area contributed by atoms with Crippen LogP contribution in [0.2, 0.25) is 0 Å². The van der Waals surface area contributed by atoms with Gasteiger partial charge in [0.05, 0.1) is 43.1 Å². The SMILES string of the molecule is COC(=O)O[C@@]12CO[C@@H]1CC(O)[C@@]1(C)C(=O)[C@H](OC(C)=O)C3=C(C)[C@@](C)(OC(=O)[C@H](O)[C@@H](N4C(=O)OC(C)(C)C4=O)C(C)(C)C)C[C@@](O)([C@@H](OC(=O)C4CCCCC4)C12)C3(C)C. The van der Waals surface area contributed by atoms with Crippen molar-refractivity contribution in [3.8, 4) is 0 Å². The van der Waals surface area contributed by atoms with Gasteiger partial charge in [-0.15, -0.1) is 0 Å². The number of aliphatic hydroxyl groups is 3. The van der Waals surface area contributed by atoms with Crippen molar-refractivity contribution >= 4 is 41.8 Å². The molecule has 4 aliphatic carbocycles. The minimum atomic E-state index is -2.44. The van der Waals surface area contributed by atoms with E-state index in [1.807, 2.05) is 0 Å². The molecule has 6 rings (SSSR count). The van der Waals surface area contributed by atoms with Crippen molar-refractivity contribution in [1.29, 1.82) is 0 Å². The number of carbonyl (C=O) groups is 7. The zero-order chi connectivity index (χ0) is 46.5. The Morgan fingerprint density at radius 3 is 2.05 bits per heavy atom. The lowest BCUT2D eigenvalue weighted by atomic mass is 9.44. The molecule has 11 atom stereocenters. The molecule has 346 valence electrons. The molecule has 0 aromatic carbocycles. The van der Waals surface area contributed by atoms with E-state index in [1.165, 1.54) is 34.6 Å². The molecule has 5 fully saturated rings. The van der Waals surface area contributed by atoms with Crippen molar-refractivity contribution in [2.75, 3.05) is 13.7 Å². The molecule has 0 aromatic heterocycles. The molecular formula is C44H63NO17. The maximum Gasteiger partial charge on any atom is 0.508 e. The Hall–Kier alpha value is -4.13. The number of ketones is 1. The van der Waals surface area contributed by atoms with Crippen LogP contribution in [0.25, 0.3) is 0 Å². The molecule has 2 heterocycles. The Labute approximate surface area is 361 Å². The summed E-state index contributed by atoms with van der Waals surface area (Å²) in [6.45, 7) is 15.6. The summed E-state index contributed by atoms with van der Waals surface area (Å²) >= 11 is 0. The Morgan fingerprint density at radius 1 is 0.935 bits per heavy atom. The number of hydrogen-bond acceptors (Lipinski definition) is 17. The second-order valence-corrected chi connectivity index (χ2v) is 20.6. The van der Waals surface area contributed by atoms with Gasteiger partial charge in [-0.2, -0.15) is 0 Å². The second-order valence-electron chi connectivity index (χ2n) is 20.6. The number of cyclic esters (lactones) is 1. The van der Waals surface area contributed by atoms with Gasteiger partial charge in [0.2, 0.25) is 0 Å². The largest absolute Gasteiger partial charge is 0.508 e. The molecule has 3 N–H and O–H groups in total. The molecule has 2 amide bonds. The number of aliphatic hydroxyl groups excluding tert-OH is 2. The first-order chi connectivity index (χ1) is 28.5. The normalized spacial score (nSPS) is 37.6. The van der Waals surface area contributed by atoms with Crippen molar-refractivity contribution in [1.82, 2.24) is 4.90 Å². The van der Waals surface area contributed by atoms with Crippen LogP contribution in [0, 0.1) is 28.1 Å². The number of Topliss-reactive ketones (excluding diaryl/α,β-unsaturated/α-hetero) is 1. The summed E-state index contributed by atoms with van der Waals surface area (Å²) in [5.74, 6) is -6.88. The summed E-state index contributed by atoms with van der Waals surface area (Å²) in [5.41, 5.74) is -12.8. The highest BCUT2D eigenvalue weighted by Crippen LogP contribution is 2.65. The van der Waals surface area contributed by atoms with Crippen molar-refractivity contribution < 1.29 is 82.0 Å². The lowest BCUT2D eigenvalue weighted by Gasteiger charge is -2.68. The Bertz CT molecular complexity index is 1940. The van der Waals surface area contributed by atoms with E-state index in [4.69, 9.17) is 33.2 Å². The molecular weight excluding hydrogens is 814 g/mol. The van der Waals surface area contributed by atoms with Crippen LogP contribution < -0.4 is 0 Å². The lowest BCUT2D eigenvalue weighted by Crippen LogP contribution is -2.82. The number of amides is 2. The highest BCUT2D eigenvalue weighted by Gasteiger charge is 2.79. The van der Waals surface area contributed by atoms with Crippen LogP contribution in [0.3, 0.4) is 0 Å². The van der Waals surface area contributed by atoms with Crippen LogP contribution in [-0.2, 0) is 57.1 Å². The van der Waals surface area contributed by atoms with E-state index in [0.29, 0.717) is 17.7 Å². The van der Waals surface area contributed by atoms with Crippen LogP contribution in [0.1, 0.15) is 121 Å². The predicted octanol–water partition coefficient (Wildman–Crippen LogP) is 3.61. The van der Waals surface area contributed by atoms with Crippen LogP contribution in [0.4, 0.5) is 9.59 Å². The molecule has 2 bridgehead atoms. The summed E-state index contributed by atoms with van der Waals surface area (Å²) in [4.78, 5) is 98.2. The molecule has 2 saturated heterocycles. The molecule has 2 aliphatic heterocycles. The second kappa shape index (κ2) is 15.5. The van der Waals surface area contributed by atoms with Crippen molar-refractivity contribution in [2.24, 2.45) is 28.1 Å². The van der Waals surface area contributed by atoms with Gasteiger partial charge in [-0.25, -0.2) is 19.3 Å². The third-order valence-corrected chi connectivity index (χ3v) is 14.9. The molecule has 0 radical (unpaired) electrons. The molecule has 18 heteroatoms. The highest BCUT2D eigenvalue weighted by molar-refractivity contribution is 6.03. The van der Waals surface area contributed by atoms with Crippen molar-refractivity contribution in [3.63, 3.8) is 0 Å². The number of methoxy groups -OCH3 is 1. The van der Waals surface area contributed by atoms with Gasteiger partial charge in [-0.05, 0) is 64.0 Å². The fourth-order valence-electron chi connectivity index (χ4n) is 11.3. The van der Waals surface area contributed by atoms with Crippen LogP contribution in [0.5, 0.6) is 0 Å². The molecule has 62 heavy (non-hydrogen) atoms. The van der Waals surface area contributed by atoms with Gasteiger partial charge in [-0.1, -0.05) is 53.9 Å². The average Bonchev–Trinajstić information content (AvgIpc) is 3.36. The van der Waals surface area contributed by atoms with E-state index < -0.39 is 135 Å². The van der Waals surface area contributed by atoms with Crippen LogP contribution in [0.15, 0.2) is 11.1 Å². The fraction of sp³-hybridized carbons (Fsp3) is 0.795. The third kappa shape index (κ3) is 7.10. The minimum absolute atomic E-state index is 0.0378. The van der Waals surface area contributed by atoms with Crippen LogP contribution >= 0.6 is 0 Å². The summed E-state index contributed by atoms with van der Waals surface area (Å²) < 4.78 is 40.8. The highest BCUT2D eigenvalue weighted by atomic mass is 16.8. The van der Waals surface area contributed by atoms with Gasteiger partial charge in [0.15, 0.2) is 29.2 Å². The standard InChI is InChI=1S/C44H63NO17/c1-21-26-28(58-22(2)46)31(49)42(11)24(47)18-25-43(20-57-25,62-37(54)56-12)29(42)32(59-33(50)23-16-14-13-15-17-23)44(55,39(26,6)7)19-41(21,10)60-34(51)27(48)30(38(3,4)5)45-35(52)40(8,9)61-36(45)53/h23-25,27-30,32,47-48,55H,13-20H2,1-12H3/t24?,25-,27-,28-,29?,30-,32+,41+,42-,43+,44-/m1/s1. The van der Waals surface area contributed by atoms with E-state index in [2.05, 4.69) is 0 Å². The number of esters is 3. The third-order valence-electron chi connectivity index (χ3n) is 14.9. The first-order valence-corrected chi connectivity index (χ1v) is 21.4. The Morgan fingerprint density at radius 2 is 1.55 bits per heavy atom. The number of carbonyl (C=O) groups excluding carboxylic acids is 7. The fourth-order valence-corrected chi connectivity index (χ4v) is 11.3. The number of rotatable bonds is 8. The molecule has 0 spiro atoms. The van der Waals surface area contributed by atoms with Crippen molar-refractivity contribution in [2.45, 2.75) is 180 Å². The van der Waals surface area contributed by atoms with Crippen LogP contribution in [-0.4, -0.2) is 135 Å². The average molecular weight is 878 g/mol. The van der Waals surface area contributed by atoms with Gasteiger partial charge >= 0.3 is 30.2 Å². The summed E-state index contributed by atoms with van der Waals surface area (Å²) in [6, 6.07) is -1.53. The Balaban J connectivity index is 1.59. The molecule has 0 aromatic rings. The summed E-state index contributed by atoms with van der Waals surface area (Å²) in [5, 5.41) is 37.9. The molecule has 6 aliphatic rings. The molecule has 3 saturated carbocycles. The van der Waals surface area contributed by atoms with E-state index in [9.17, 15) is 44.1 Å². The predicted molar refractivity (Wildman–Crippen MR) is 212 cm³/mol. The first kappa shape index (κ1) is 47.4.